The molecule has 0 radical (unpaired) electrons. The van der Waals surface area contributed by atoms with Crippen LogP contribution in [-0.2, 0) is 4.74 Å². The van der Waals surface area contributed by atoms with E-state index in [2.05, 4.69) is 55.2 Å². The lowest BCUT2D eigenvalue weighted by Gasteiger charge is -2.39. The topological polar surface area (TPSA) is 21.3 Å². The number of rotatable bonds is 4. The van der Waals surface area contributed by atoms with Gasteiger partial charge in [0.05, 0.1) is 0 Å². The molecule has 0 amide bonds. The molecule has 1 aliphatic carbocycles. The molecule has 3 heteroatoms. The Kier molecular flexibility index (Phi) is 5.25. The number of hydrogen-bond acceptors (Lipinski definition) is 3. The molecule has 1 aliphatic heterocycles. The van der Waals surface area contributed by atoms with Gasteiger partial charge in [-0.15, -0.1) is 0 Å². The minimum absolute atomic E-state index is 0.509. The zero-order valence-electron chi connectivity index (χ0n) is 13.2. The van der Waals surface area contributed by atoms with E-state index in [1.54, 1.807) is 5.56 Å². The van der Waals surface area contributed by atoms with Crippen molar-refractivity contribution in [3.8, 4) is 0 Å². The molecule has 1 aromatic carbocycles. The molecule has 0 saturated carbocycles. The summed E-state index contributed by atoms with van der Waals surface area (Å²) >= 11 is 2.21. The third-order valence-electron chi connectivity index (χ3n) is 4.78. The molecule has 1 aromatic rings. The third kappa shape index (κ3) is 3.46. The molecule has 0 spiro atoms. The average Bonchev–Trinajstić information content (AvgIpc) is 2.52. The highest BCUT2D eigenvalue weighted by Gasteiger charge is 2.34. The van der Waals surface area contributed by atoms with E-state index in [1.807, 2.05) is 0 Å². The Morgan fingerprint density at radius 3 is 2.62 bits per heavy atom. The standard InChI is InChI=1S/C18H27NOS/c1-3-19-18-16-7-5-4-6-15(16)13(2)12-17(18)21-14-8-10-20-11-9-14/h4-7,13-14,17-19H,3,8-12H2,1-2H3. The van der Waals surface area contributed by atoms with Crippen LogP contribution in [0.15, 0.2) is 24.3 Å². The summed E-state index contributed by atoms with van der Waals surface area (Å²) in [5, 5.41) is 5.22. The predicted octanol–water partition coefficient (Wildman–Crippen LogP) is 4.13. The van der Waals surface area contributed by atoms with Gasteiger partial charge in [0.1, 0.15) is 0 Å². The highest BCUT2D eigenvalue weighted by atomic mass is 32.2. The van der Waals surface area contributed by atoms with E-state index in [4.69, 9.17) is 4.74 Å². The molecule has 2 aliphatic rings. The van der Waals surface area contributed by atoms with Gasteiger partial charge in [-0.05, 0) is 42.9 Å². The molecule has 1 N–H and O–H groups in total. The second kappa shape index (κ2) is 7.17. The number of fused-ring (bicyclic) bond motifs is 1. The van der Waals surface area contributed by atoms with Crippen LogP contribution in [0.4, 0.5) is 0 Å². The first-order valence-corrected chi connectivity index (χ1v) is 9.29. The maximum Gasteiger partial charge on any atom is 0.0476 e. The van der Waals surface area contributed by atoms with Gasteiger partial charge >= 0.3 is 0 Å². The van der Waals surface area contributed by atoms with E-state index in [0.29, 0.717) is 17.2 Å². The van der Waals surface area contributed by atoms with Crippen LogP contribution in [0.5, 0.6) is 0 Å². The Bertz CT molecular complexity index is 458. The van der Waals surface area contributed by atoms with Crippen LogP contribution in [0.25, 0.3) is 0 Å². The number of thioether (sulfide) groups is 1. The van der Waals surface area contributed by atoms with E-state index in [-0.39, 0.29) is 0 Å². The fourth-order valence-electron chi connectivity index (χ4n) is 3.71. The second-order valence-corrected chi connectivity index (χ2v) is 7.83. The van der Waals surface area contributed by atoms with Gasteiger partial charge in [-0.2, -0.15) is 11.8 Å². The SMILES string of the molecule is CCNC1c2ccccc2C(C)CC1SC1CCOCC1. The molecule has 0 aromatic heterocycles. The minimum atomic E-state index is 0.509. The summed E-state index contributed by atoms with van der Waals surface area (Å²) in [7, 11) is 0. The first-order chi connectivity index (χ1) is 10.3. The lowest BCUT2D eigenvalue weighted by Crippen LogP contribution is -2.37. The van der Waals surface area contributed by atoms with Crippen molar-refractivity contribution < 1.29 is 4.74 Å². The first kappa shape index (κ1) is 15.4. The Morgan fingerprint density at radius 2 is 1.90 bits per heavy atom. The number of hydrogen-bond donors (Lipinski definition) is 1. The van der Waals surface area contributed by atoms with Gasteiger partial charge in [-0.1, -0.05) is 38.1 Å². The van der Waals surface area contributed by atoms with Crippen LogP contribution >= 0.6 is 11.8 Å². The Morgan fingerprint density at radius 1 is 1.19 bits per heavy atom. The van der Waals surface area contributed by atoms with Crippen molar-refractivity contribution in [2.75, 3.05) is 19.8 Å². The number of benzene rings is 1. The summed E-state index contributed by atoms with van der Waals surface area (Å²) in [4.78, 5) is 0. The first-order valence-electron chi connectivity index (χ1n) is 8.35. The molecule has 1 heterocycles. The van der Waals surface area contributed by atoms with Crippen molar-refractivity contribution in [2.45, 2.75) is 55.6 Å². The minimum Gasteiger partial charge on any atom is -0.381 e. The quantitative estimate of drug-likeness (QED) is 0.904. The normalized spacial score (nSPS) is 30.1. The molecule has 1 saturated heterocycles. The average molecular weight is 305 g/mol. The van der Waals surface area contributed by atoms with Crippen LogP contribution in [0, 0.1) is 0 Å². The van der Waals surface area contributed by atoms with Crippen LogP contribution in [0.2, 0.25) is 0 Å². The highest BCUT2D eigenvalue weighted by molar-refractivity contribution is 8.00. The van der Waals surface area contributed by atoms with E-state index in [0.717, 1.165) is 25.0 Å². The van der Waals surface area contributed by atoms with Crippen molar-refractivity contribution in [1.29, 1.82) is 0 Å². The van der Waals surface area contributed by atoms with Gasteiger partial charge in [0.15, 0.2) is 0 Å². The van der Waals surface area contributed by atoms with Crippen LogP contribution in [0.1, 0.15) is 56.2 Å². The molecule has 21 heavy (non-hydrogen) atoms. The zero-order valence-corrected chi connectivity index (χ0v) is 14.0. The lowest BCUT2D eigenvalue weighted by molar-refractivity contribution is 0.0998. The van der Waals surface area contributed by atoms with Gasteiger partial charge in [0, 0.05) is 29.8 Å². The zero-order chi connectivity index (χ0) is 14.7. The summed E-state index contributed by atoms with van der Waals surface area (Å²) in [6.45, 7) is 7.54. The predicted molar refractivity (Wildman–Crippen MR) is 91.1 cm³/mol. The summed E-state index contributed by atoms with van der Waals surface area (Å²) in [5.41, 5.74) is 3.08. The van der Waals surface area contributed by atoms with Crippen LogP contribution < -0.4 is 5.32 Å². The van der Waals surface area contributed by atoms with Crippen LogP contribution in [-0.4, -0.2) is 30.3 Å². The molecular formula is C18H27NOS. The van der Waals surface area contributed by atoms with E-state index >= 15 is 0 Å². The molecule has 3 atom stereocenters. The Hall–Kier alpha value is -0.510. The largest absolute Gasteiger partial charge is 0.381 e. The maximum absolute atomic E-state index is 5.51. The summed E-state index contributed by atoms with van der Waals surface area (Å²) < 4.78 is 5.51. The maximum atomic E-state index is 5.51. The number of nitrogens with one attached hydrogen (secondary N) is 1. The van der Waals surface area contributed by atoms with E-state index in [9.17, 15) is 0 Å². The molecule has 116 valence electrons. The molecular weight excluding hydrogens is 278 g/mol. The van der Waals surface area contributed by atoms with E-state index in [1.165, 1.54) is 24.8 Å². The van der Waals surface area contributed by atoms with Crippen molar-refractivity contribution >= 4 is 11.8 Å². The molecule has 2 nitrogen and oxygen atoms in total. The Labute approximate surface area is 133 Å². The van der Waals surface area contributed by atoms with Crippen molar-refractivity contribution in [1.82, 2.24) is 5.32 Å². The fourth-order valence-corrected chi connectivity index (χ4v) is 5.47. The van der Waals surface area contributed by atoms with Gasteiger partial charge in [-0.3, -0.25) is 0 Å². The van der Waals surface area contributed by atoms with Crippen molar-refractivity contribution in [3.63, 3.8) is 0 Å². The third-order valence-corrected chi connectivity index (χ3v) is 6.45. The molecule has 1 fully saturated rings. The van der Waals surface area contributed by atoms with Gasteiger partial charge in [0.25, 0.3) is 0 Å². The van der Waals surface area contributed by atoms with Gasteiger partial charge < -0.3 is 10.1 Å². The number of ether oxygens (including phenoxy) is 1. The van der Waals surface area contributed by atoms with Crippen molar-refractivity contribution in [3.05, 3.63) is 35.4 Å². The fraction of sp³-hybridized carbons (Fsp3) is 0.667. The Balaban J connectivity index is 1.79. The van der Waals surface area contributed by atoms with Gasteiger partial charge in [0.2, 0.25) is 0 Å². The summed E-state index contributed by atoms with van der Waals surface area (Å²) in [6, 6.07) is 9.53. The summed E-state index contributed by atoms with van der Waals surface area (Å²) in [5.74, 6) is 0.674. The smallest absolute Gasteiger partial charge is 0.0476 e. The lowest BCUT2D eigenvalue weighted by atomic mass is 9.80. The van der Waals surface area contributed by atoms with Gasteiger partial charge in [-0.25, -0.2) is 0 Å². The van der Waals surface area contributed by atoms with Crippen LogP contribution in [0.3, 0.4) is 0 Å². The van der Waals surface area contributed by atoms with Crippen molar-refractivity contribution in [2.24, 2.45) is 0 Å². The molecule has 0 bridgehead atoms. The second-order valence-electron chi connectivity index (χ2n) is 6.29. The van der Waals surface area contributed by atoms with E-state index < -0.39 is 0 Å². The molecule has 3 unspecified atom stereocenters. The highest BCUT2D eigenvalue weighted by Crippen LogP contribution is 2.45. The molecule has 3 rings (SSSR count). The monoisotopic (exact) mass is 305 g/mol. The summed E-state index contributed by atoms with van der Waals surface area (Å²) in [6.07, 6.45) is 3.72.